The van der Waals surface area contributed by atoms with Gasteiger partial charge in [0.1, 0.15) is 4.21 Å². The van der Waals surface area contributed by atoms with Crippen LogP contribution in [-0.2, 0) is 23.1 Å². The van der Waals surface area contributed by atoms with Crippen molar-refractivity contribution in [3.8, 4) is 0 Å². The summed E-state index contributed by atoms with van der Waals surface area (Å²) in [5.41, 5.74) is 7.94. The van der Waals surface area contributed by atoms with Crippen molar-refractivity contribution in [1.82, 2.24) is 9.29 Å². The van der Waals surface area contributed by atoms with Gasteiger partial charge in [-0.05, 0) is 36.1 Å². The Bertz CT molecular complexity index is 695. The third kappa shape index (κ3) is 3.24. The molecule has 0 atom stereocenters. The van der Waals surface area contributed by atoms with Gasteiger partial charge in [0.05, 0.1) is 12.2 Å². The van der Waals surface area contributed by atoms with E-state index < -0.39 is 10.0 Å². The average molecular weight is 311 g/mol. The first-order valence-electron chi connectivity index (χ1n) is 6.10. The molecule has 0 fully saturated rings. The lowest BCUT2D eigenvalue weighted by molar-refractivity contribution is 0.463. The molecule has 0 aromatic carbocycles. The van der Waals surface area contributed by atoms with Gasteiger partial charge in [-0.25, -0.2) is 8.42 Å². The molecule has 2 N–H and O–H groups in total. The molecule has 2 aromatic rings. The fourth-order valence-electron chi connectivity index (χ4n) is 1.75. The van der Waals surface area contributed by atoms with E-state index in [2.05, 4.69) is 4.98 Å². The van der Waals surface area contributed by atoms with Crippen LogP contribution >= 0.6 is 11.3 Å². The van der Waals surface area contributed by atoms with E-state index in [1.165, 1.54) is 15.6 Å². The van der Waals surface area contributed by atoms with Gasteiger partial charge in [0.2, 0.25) is 0 Å². The summed E-state index contributed by atoms with van der Waals surface area (Å²) in [4.78, 5) is 4.32. The summed E-state index contributed by atoms with van der Waals surface area (Å²) in [6.45, 7) is 2.47. The van der Waals surface area contributed by atoms with Crippen molar-refractivity contribution in [1.29, 1.82) is 0 Å². The molecular formula is C13H17N3O2S2. The quantitative estimate of drug-likeness (QED) is 0.912. The van der Waals surface area contributed by atoms with Crippen molar-refractivity contribution in [3.63, 3.8) is 0 Å². The highest BCUT2D eigenvalue weighted by molar-refractivity contribution is 7.91. The third-order valence-corrected chi connectivity index (χ3v) is 6.13. The second kappa shape index (κ2) is 6.01. The van der Waals surface area contributed by atoms with Crippen molar-refractivity contribution in [2.45, 2.75) is 24.2 Å². The van der Waals surface area contributed by atoms with Crippen LogP contribution in [0.15, 0.2) is 33.9 Å². The van der Waals surface area contributed by atoms with Crippen LogP contribution in [0.1, 0.15) is 17.0 Å². The number of aromatic nitrogens is 1. The largest absolute Gasteiger partial charge is 0.326 e. The summed E-state index contributed by atoms with van der Waals surface area (Å²) >= 11 is 1.19. The minimum Gasteiger partial charge on any atom is -0.326 e. The lowest BCUT2D eigenvalue weighted by Gasteiger charge is -2.15. The molecule has 0 amide bonds. The zero-order valence-electron chi connectivity index (χ0n) is 11.4. The van der Waals surface area contributed by atoms with E-state index >= 15 is 0 Å². The first kappa shape index (κ1) is 15.1. The number of sulfonamides is 1. The van der Waals surface area contributed by atoms with Gasteiger partial charge in [-0.1, -0.05) is 6.07 Å². The summed E-state index contributed by atoms with van der Waals surface area (Å²) in [5, 5.41) is 1.77. The Balaban J connectivity index is 2.21. The molecule has 0 spiro atoms. The standard InChI is InChI=1S/C13H17N3O2S2/c1-10-4-3-5-12(15-10)8-16(2)20(17,18)13-6-11(7-14)9-19-13/h3-6,9H,7-8,14H2,1-2H3. The molecule has 0 aliphatic carbocycles. The minimum absolute atomic E-state index is 0.250. The van der Waals surface area contributed by atoms with Crippen LogP contribution in [0.3, 0.4) is 0 Å². The Morgan fingerprint density at radius 3 is 2.75 bits per heavy atom. The highest BCUT2D eigenvalue weighted by atomic mass is 32.2. The topological polar surface area (TPSA) is 76.3 Å². The van der Waals surface area contributed by atoms with E-state index in [4.69, 9.17) is 5.73 Å². The molecule has 2 aromatic heterocycles. The number of rotatable bonds is 5. The molecule has 2 heterocycles. The van der Waals surface area contributed by atoms with Gasteiger partial charge in [-0.3, -0.25) is 4.98 Å². The Labute approximate surface area is 123 Å². The lowest BCUT2D eigenvalue weighted by atomic mass is 10.3. The van der Waals surface area contributed by atoms with Gasteiger partial charge >= 0.3 is 0 Å². The van der Waals surface area contributed by atoms with Crippen molar-refractivity contribution < 1.29 is 8.42 Å². The molecule has 0 aliphatic heterocycles. The summed E-state index contributed by atoms with van der Waals surface area (Å²) in [5.74, 6) is 0. The maximum atomic E-state index is 12.4. The molecule has 0 radical (unpaired) electrons. The molecule has 108 valence electrons. The van der Waals surface area contributed by atoms with E-state index in [1.54, 1.807) is 18.5 Å². The maximum Gasteiger partial charge on any atom is 0.252 e. The fraction of sp³-hybridized carbons (Fsp3) is 0.308. The fourth-order valence-corrected chi connectivity index (χ4v) is 4.32. The summed E-state index contributed by atoms with van der Waals surface area (Å²) in [7, 11) is -1.93. The normalized spacial score (nSPS) is 12.0. The zero-order chi connectivity index (χ0) is 14.8. The molecule has 20 heavy (non-hydrogen) atoms. The molecule has 0 aliphatic rings. The molecule has 0 saturated carbocycles. The van der Waals surface area contributed by atoms with Gasteiger partial charge < -0.3 is 5.73 Å². The number of aryl methyl sites for hydroxylation is 1. The van der Waals surface area contributed by atoms with Gasteiger partial charge in [-0.15, -0.1) is 11.3 Å². The van der Waals surface area contributed by atoms with Crippen molar-refractivity contribution >= 4 is 21.4 Å². The highest BCUT2D eigenvalue weighted by Crippen LogP contribution is 2.23. The highest BCUT2D eigenvalue weighted by Gasteiger charge is 2.23. The summed E-state index contributed by atoms with van der Waals surface area (Å²) in [6.07, 6.45) is 0. The number of nitrogens with zero attached hydrogens (tertiary/aromatic N) is 2. The molecule has 0 saturated heterocycles. The lowest BCUT2D eigenvalue weighted by Crippen LogP contribution is -2.26. The van der Waals surface area contributed by atoms with E-state index in [1.807, 2.05) is 25.1 Å². The van der Waals surface area contributed by atoms with Crippen LogP contribution < -0.4 is 5.73 Å². The zero-order valence-corrected chi connectivity index (χ0v) is 13.0. The number of hydrogen-bond acceptors (Lipinski definition) is 5. The van der Waals surface area contributed by atoms with Gasteiger partial charge in [0, 0.05) is 19.3 Å². The Hall–Kier alpha value is -1.28. The van der Waals surface area contributed by atoms with E-state index in [9.17, 15) is 8.42 Å². The number of thiophene rings is 1. The smallest absolute Gasteiger partial charge is 0.252 e. The van der Waals surface area contributed by atoms with Gasteiger partial charge in [0.15, 0.2) is 0 Å². The number of nitrogens with two attached hydrogens (primary N) is 1. The summed E-state index contributed by atoms with van der Waals surface area (Å²) in [6, 6.07) is 7.19. The average Bonchev–Trinajstić information content (AvgIpc) is 2.88. The van der Waals surface area contributed by atoms with E-state index in [-0.39, 0.29) is 6.54 Å². The Morgan fingerprint density at radius 1 is 1.40 bits per heavy atom. The van der Waals surface area contributed by atoms with Gasteiger partial charge in [0.25, 0.3) is 10.0 Å². The summed E-state index contributed by atoms with van der Waals surface area (Å²) < 4.78 is 26.5. The van der Waals surface area contributed by atoms with E-state index in [0.717, 1.165) is 17.0 Å². The second-order valence-electron chi connectivity index (χ2n) is 4.51. The molecule has 2 rings (SSSR count). The monoisotopic (exact) mass is 311 g/mol. The molecule has 0 unspecified atom stereocenters. The van der Waals surface area contributed by atoms with Crippen LogP contribution in [-0.4, -0.2) is 24.8 Å². The Kier molecular flexibility index (Phi) is 4.54. The van der Waals surface area contributed by atoms with E-state index in [0.29, 0.717) is 10.8 Å². The van der Waals surface area contributed by atoms with Crippen LogP contribution in [0.4, 0.5) is 0 Å². The molecule has 5 nitrogen and oxygen atoms in total. The molecule has 0 bridgehead atoms. The maximum absolute atomic E-state index is 12.4. The molecular weight excluding hydrogens is 294 g/mol. The minimum atomic E-state index is -3.48. The molecule has 7 heteroatoms. The number of pyridine rings is 1. The third-order valence-electron chi connectivity index (χ3n) is 2.86. The van der Waals surface area contributed by atoms with Crippen LogP contribution in [0.2, 0.25) is 0 Å². The van der Waals surface area contributed by atoms with Crippen molar-refractivity contribution in [3.05, 3.63) is 46.6 Å². The SMILES string of the molecule is Cc1cccc(CN(C)S(=O)(=O)c2cc(CN)cs2)n1. The van der Waals surface area contributed by atoms with Crippen molar-refractivity contribution in [2.75, 3.05) is 7.05 Å². The van der Waals surface area contributed by atoms with Crippen LogP contribution in [0, 0.1) is 6.92 Å². The first-order valence-corrected chi connectivity index (χ1v) is 8.42. The van der Waals surface area contributed by atoms with Crippen LogP contribution in [0.25, 0.3) is 0 Å². The van der Waals surface area contributed by atoms with Crippen molar-refractivity contribution in [2.24, 2.45) is 5.73 Å². The Morgan fingerprint density at radius 2 is 2.15 bits per heavy atom. The predicted molar refractivity (Wildman–Crippen MR) is 79.8 cm³/mol. The second-order valence-corrected chi connectivity index (χ2v) is 7.69. The predicted octanol–water partition coefficient (Wildman–Crippen LogP) is 1.73. The van der Waals surface area contributed by atoms with Crippen LogP contribution in [0.5, 0.6) is 0 Å². The first-order chi connectivity index (χ1) is 9.43. The number of hydrogen-bond donors (Lipinski definition) is 1. The van der Waals surface area contributed by atoms with Gasteiger partial charge in [-0.2, -0.15) is 4.31 Å².